The average molecular weight is 526 g/mol. The van der Waals surface area contributed by atoms with Gasteiger partial charge in [0.1, 0.15) is 18.0 Å². The molecule has 0 aromatic heterocycles. The number of ether oxygens (including phenoxy) is 3. The highest BCUT2D eigenvalue weighted by Crippen LogP contribution is 2.62. The second-order valence-corrected chi connectivity index (χ2v) is 10.7. The maximum absolute atomic E-state index is 14.0. The zero-order valence-corrected chi connectivity index (χ0v) is 22.4. The molecule has 2 fully saturated rings. The van der Waals surface area contributed by atoms with Crippen LogP contribution in [0.5, 0.6) is 0 Å². The predicted molar refractivity (Wildman–Crippen MR) is 138 cm³/mol. The van der Waals surface area contributed by atoms with Crippen LogP contribution in [0.4, 0.5) is 0 Å². The minimum Gasteiger partial charge on any atom is -0.504 e. The lowest BCUT2D eigenvalue weighted by Gasteiger charge is -2.53. The van der Waals surface area contributed by atoms with Crippen molar-refractivity contribution in [2.24, 2.45) is 16.7 Å². The molecule has 1 aliphatic heterocycles. The molecular formula is C29H35NO8. The van der Waals surface area contributed by atoms with Crippen molar-refractivity contribution in [1.29, 1.82) is 0 Å². The Morgan fingerprint density at radius 2 is 1.87 bits per heavy atom. The molecule has 4 rings (SSSR count). The highest BCUT2D eigenvalue weighted by Gasteiger charge is 2.64. The first kappa shape index (κ1) is 27.6. The van der Waals surface area contributed by atoms with Gasteiger partial charge >= 0.3 is 11.9 Å². The van der Waals surface area contributed by atoms with Gasteiger partial charge in [0.15, 0.2) is 5.76 Å². The van der Waals surface area contributed by atoms with Gasteiger partial charge in [0.05, 0.1) is 17.6 Å². The molecule has 0 aromatic carbocycles. The Hall–Kier alpha value is -3.46. The van der Waals surface area contributed by atoms with Crippen molar-refractivity contribution in [2.45, 2.75) is 52.2 Å². The van der Waals surface area contributed by atoms with Gasteiger partial charge in [-0.25, -0.2) is 4.79 Å². The van der Waals surface area contributed by atoms with Gasteiger partial charge in [0.2, 0.25) is 5.78 Å². The SMILES string of the molecule is C=CCN(C=C1C(=O)OC(COC)[C@@]2(C)C1=C(O)C(=O)C1=C2C(OC(C)=O)C[C@]2(C)C(=O)CCC12)CC=C. The molecule has 3 aliphatic carbocycles. The maximum Gasteiger partial charge on any atom is 0.340 e. The number of aliphatic hydroxyl groups excluding tert-OH is 1. The number of aliphatic hydroxyl groups is 1. The number of nitrogens with zero attached hydrogens (tertiary/aromatic N) is 1. The molecule has 9 nitrogen and oxygen atoms in total. The van der Waals surface area contributed by atoms with Crippen molar-refractivity contribution < 1.29 is 38.5 Å². The second-order valence-electron chi connectivity index (χ2n) is 10.7. The molecule has 38 heavy (non-hydrogen) atoms. The quantitative estimate of drug-likeness (QED) is 0.290. The Labute approximate surface area is 222 Å². The lowest BCUT2D eigenvalue weighted by Crippen LogP contribution is -2.57. The van der Waals surface area contributed by atoms with Crippen LogP contribution in [-0.2, 0) is 33.4 Å². The van der Waals surface area contributed by atoms with Crippen LogP contribution in [0.1, 0.15) is 40.0 Å². The molecule has 1 N–H and O–H groups in total. The zero-order chi connectivity index (χ0) is 28.0. The number of cyclic esters (lactones) is 1. The van der Waals surface area contributed by atoms with Crippen LogP contribution in [0.25, 0.3) is 0 Å². The van der Waals surface area contributed by atoms with Crippen LogP contribution in [0, 0.1) is 16.7 Å². The van der Waals surface area contributed by atoms with Gasteiger partial charge in [0.25, 0.3) is 0 Å². The minimum atomic E-state index is -1.27. The van der Waals surface area contributed by atoms with E-state index in [1.54, 1.807) is 30.9 Å². The Morgan fingerprint density at radius 3 is 2.45 bits per heavy atom. The molecule has 1 saturated carbocycles. The normalized spacial score (nSPS) is 33.4. The number of carbonyl (C=O) groups excluding carboxylic acids is 4. The number of hydrogen-bond donors (Lipinski definition) is 1. The third-order valence-electron chi connectivity index (χ3n) is 8.46. The van der Waals surface area contributed by atoms with Crippen molar-refractivity contribution >= 4 is 23.5 Å². The molecule has 1 heterocycles. The van der Waals surface area contributed by atoms with Gasteiger partial charge in [-0.2, -0.15) is 0 Å². The van der Waals surface area contributed by atoms with Gasteiger partial charge in [-0.15, -0.1) is 13.2 Å². The molecule has 5 atom stereocenters. The minimum absolute atomic E-state index is 0.00740. The smallest absolute Gasteiger partial charge is 0.340 e. The zero-order valence-electron chi connectivity index (χ0n) is 22.4. The largest absolute Gasteiger partial charge is 0.504 e. The molecule has 3 unspecified atom stereocenters. The first-order valence-corrected chi connectivity index (χ1v) is 12.8. The van der Waals surface area contributed by atoms with Crippen molar-refractivity contribution in [3.63, 3.8) is 0 Å². The van der Waals surface area contributed by atoms with Crippen LogP contribution in [0.2, 0.25) is 0 Å². The summed E-state index contributed by atoms with van der Waals surface area (Å²) in [7, 11) is 1.46. The van der Waals surface area contributed by atoms with Crippen molar-refractivity contribution in [3.05, 3.63) is 59.6 Å². The molecule has 4 aliphatic rings. The molecular weight excluding hydrogens is 490 g/mol. The van der Waals surface area contributed by atoms with E-state index in [1.807, 2.05) is 0 Å². The van der Waals surface area contributed by atoms with E-state index in [0.29, 0.717) is 25.1 Å². The molecule has 0 bridgehead atoms. The van der Waals surface area contributed by atoms with E-state index >= 15 is 0 Å². The fourth-order valence-corrected chi connectivity index (χ4v) is 6.78. The van der Waals surface area contributed by atoms with Gasteiger partial charge in [-0.3, -0.25) is 14.4 Å². The summed E-state index contributed by atoms with van der Waals surface area (Å²) in [5, 5.41) is 11.5. The Balaban J connectivity index is 2.02. The summed E-state index contributed by atoms with van der Waals surface area (Å²) in [6, 6.07) is 0. The Bertz CT molecular complexity index is 1200. The standard InChI is InChI=1S/C29H35NO8/c1-7-11-30(12-8-2)14-17-23-26(34)25(33)22-18-9-10-20(32)28(18,4)13-19(37-16(3)31)24(22)29(23,5)21(15-36-6)38-27(17)35/h7-8,14,18-19,21,34H,1-2,9-13,15H2,3-6H3/t18?,19?,21?,28-,29-/m0/s1. The van der Waals surface area contributed by atoms with Gasteiger partial charge in [0, 0.05) is 68.6 Å². The van der Waals surface area contributed by atoms with Crippen LogP contribution in [0.3, 0.4) is 0 Å². The van der Waals surface area contributed by atoms with E-state index in [0.717, 1.165) is 0 Å². The average Bonchev–Trinajstić information content (AvgIpc) is 3.13. The predicted octanol–water partition coefficient (Wildman–Crippen LogP) is 3.13. The summed E-state index contributed by atoms with van der Waals surface area (Å²) in [6.45, 7) is 13.0. The van der Waals surface area contributed by atoms with Crippen molar-refractivity contribution in [2.75, 3.05) is 26.8 Å². The number of hydrogen-bond acceptors (Lipinski definition) is 9. The highest BCUT2D eigenvalue weighted by molar-refractivity contribution is 6.14. The van der Waals surface area contributed by atoms with Crippen LogP contribution in [-0.4, -0.2) is 72.5 Å². The number of methoxy groups -OCH3 is 1. The number of Topliss-reactive ketones (excluding diaryl/α,β-unsaturated/α-hetero) is 2. The summed E-state index contributed by atoms with van der Waals surface area (Å²) >= 11 is 0. The molecule has 0 amide bonds. The monoisotopic (exact) mass is 525 g/mol. The topological polar surface area (TPSA) is 119 Å². The summed E-state index contributed by atoms with van der Waals surface area (Å²) in [5.41, 5.74) is -1.35. The first-order valence-electron chi connectivity index (χ1n) is 12.8. The van der Waals surface area contributed by atoms with Crippen molar-refractivity contribution in [1.82, 2.24) is 4.90 Å². The van der Waals surface area contributed by atoms with Crippen LogP contribution >= 0.6 is 0 Å². The molecule has 204 valence electrons. The van der Waals surface area contributed by atoms with Crippen molar-refractivity contribution in [3.8, 4) is 0 Å². The highest BCUT2D eigenvalue weighted by atomic mass is 16.6. The molecule has 0 spiro atoms. The number of allylic oxidation sites excluding steroid dienone is 1. The van der Waals surface area contributed by atoms with E-state index in [1.165, 1.54) is 20.2 Å². The lowest BCUT2D eigenvalue weighted by molar-refractivity contribution is -0.160. The van der Waals surface area contributed by atoms with Gasteiger partial charge in [-0.05, 0) is 18.9 Å². The number of ketones is 2. The Kier molecular flexibility index (Phi) is 7.27. The molecule has 9 heteroatoms. The van der Waals surface area contributed by atoms with E-state index in [4.69, 9.17) is 14.2 Å². The molecule has 1 saturated heterocycles. The van der Waals surface area contributed by atoms with E-state index < -0.39 is 52.4 Å². The van der Waals surface area contributed by atoms with Gasteiger partial charge < -0.3 is 24.2 Å². The van der Waals surface area contributed by atoms with E-state index in [-0.39, 0.29) is 42.0 Å². The van der Waals surface area contributed by atoms with Crippen LogP contribution < -0.4 is 0 Å². The number of rotatable bonds is 8. The lowest BCUT2D eigenvalue weighted by atomic mass is 9.53. The second kappa shape index (κ2) is 10.0. The summed E-state index contributed by atoms with van der Waals surface area (Å²) in [5.74, 6) is -2.99. The molecule has 0 radical (unpaired) electrons. The fourth-order valence-electron chi connectivity index (χ4n) is 6.78. The Morgan fingerprint density at radius 1 is 1.21 bits per heavy atom. The van der Waals surface area contributed by atoms with E-state index in [2.05, 4.69) is 13.2 Å². The third kappa shape index (κ3) is 4.04. The number of carbonyl (C=O) groups is 4. The van der Waals surface area contributed by atoms with Crippen LogP contribution in [0.15, 0.2) is 59.6 Å². The van der Waals surface area contributed by atoms with E-state index in [9.17, 15) is 24.3 Å². The first-order chi connectivity index (χ1) is 17.9. The summed E-state index contributed by atoms with van der Waals surface area (Å²) in [6.07, 6.45) is 3.89. The maximum atomic E-state index is 14.0. The number of esters is 2. The number of fused-ring (bicyclic) bond motifs is 4. The van der Waals surface area contributed by atoms with Gasteiger partial charge in [-0.1, -0.05) is 19.1 Å². The molecule has 0 aromatic rings. The summed E-state index contributed by atoms with van der Waals surface area (Å²) < 4.78 is 17.1. The third-order valence-corrected chi connectivity index (χ3v) is 8.46. The fraction of sp³-hybridized carbons (Fsp3) is 0.517. The summed E-state index contributed by atoms with van der Waals surface area (Å²) in [4.78, 5) is 54.3.